The molecule has 0 saturated carbocycles. The Hall–Kier alpha value is -6.53. The Kier molecular flexibility index (Phi) is 21.8. The molecule has 2 rings (SSSR count). The van der Waals surface area contributed by atoms with Gasteiger partial charge in [0.25, 0.3) is 0 Å². The van der Waals surface area contributed by atoms with E-state index in [2.05, 4.69) is 26.3 Å². The van der Waals surface area contributed by atoms with Gasteiger partial charge in [-0.15, -0.1) is 0 Å². The molecule has 12 N–H and O–H groups in total. The third-order valence-corrected chi connectivity index (χ3v) is 9.10. The number of nitrogens with one attached hydrogen (secondary N) is 4. The van der Waals surface area contributed by atoms with Crippen LogP contribution in [0.25, 0.3) is 0 Å². The van der Waals surface area contributed by atoms with Crippen LogP contribution in [0.1, 0.15) is 81.8 Å². The maximum atomic E-state index is 13.9. The van der Waals surface area contributed by atoms with Gasteiger partial charge in [-0.1, -0.05) is 42.5 Å². The van der Waals surface area contributed by atoms with Gasteiger partial charge in [-0.3, -0.25) is 29.0 Å². The molecule has 0 saturated heterocycles. The minimum Gasteiger partial charge on any atom is -0.508 e. The molecule has 0 aromatic heterocycles. The lowest BCUT2D eigenvalue weighted by Crippen LogP contribution is -2.47. The predicted octanol–water partition coefficient (Wildman–Crippen LogP) is 1.39. The zero-order valence-electron chi connectivity index (χ0n) is 32.8. The van der Waals surface area contributed by atoms with Crippen molar-refractivity contribution in [2.75, 3.05) is 13.1 Å². The Labute approximate surface area is 341 Å². The van der Waals surface area contributed by atoms with Gasteiger partial charge in [0.15, 0.2) is 11.7 Å². The lowest BCUT2D eigenvalue weighted by molar-refractivity contribution is -0.143. The maximum absolute atomic E-state index is 13.9. The van der Waals surface area contributed by atoms with Crippen molar-refractivity contribution in [2.45, 2.75) is 102 Å². The third kappa shape index (κ3) is 21.0. The van der Waals surface area contributed by atoms with E-state index >= 15 is 0 Å². The van der Waals surface area contributed by atoms with Gasteiger partial charge in [0.05, 0.1) is 6.04 Å². The average molecular weight is 826 g/mol. The Bertz CT molecular complexity index is 1750. The monoisotopic (exact) mass is 825 g/mol. The van der Waals surface area contributed by atoms with Crippen LogP contribution >= 0.6 is 0 Å². The number of nitrogens with zero attached hydrogens (tertiary/aromatic N) is 1. The number of Topliss-reactive ketones (excluding diaryl/α,β-unsaturated/α-hetero) is 2. The van der Waals surface area contributed by atoms with E-state index in [0.29, 0.717) is 5.56 Å². The first kappa shape index (κ1) is 48.6. The molecule has 0 radical (unpaired) electrons. The van der Waals surface area contributed by atoms with Crippen molar-refractivity contribution >= 4 is 53.3 Å². The lowest BCUT2D eigenvalue weighted by Gasteiger charge is -2.23. The van der Waals surface area contributed by atoms with Gasteiger partial charge in [-0.2, -0.15) is 0 Å². The van der Waals surface area contributed by atoms with Crippen LogP contribution < -0.4 is 32.7 Å². The summed E-state index contributed by atoms with van der Waals surface area (Å²) in [4.78, 5) is 103. The van der Waals surface area contributed by atoms with E-state index in [1.807, 2.05) is 0 Å². The number of carboxylic acid groups (broad SMARTS) is 3. The highest BCUT2D eigenvalue weighted by atomic mass is 16.4. The van der Waals surface area contributed by atoms with E-state index < -0.39 is 65.6 Å². The fourth-order valence-electron chi connectivity index (χ4n) is 5.92. The summed E-state index contributed by atoms with van der Waals surface area (Å²) < 4.78 is 0. The van der Waals surface area contributed by atoms with Gasteiger partial charge in [-0.25, -0.2) is 14.4 Å². The Morgan fingerprint density at radius 3 is 1.90 bits per heavy atom. The van der Waals surface area contributed by atoms with Crippen molar-refractivity contribution < 1.29 is 58.8 Å². The standard InChI is InChI=1S/C40H55N7O12/c41-39(42)43-20-6-10-27(36(54)46-32(38(57)58)23-26-14-16-29(49)17-15-26)24-33(50)31(22-25-8-2-1-3-9-25)45-34(51)12-5-4-11-28(48)18-19-30(37(55)56)47-40(59)44-21-7-13-35(52)53/h1-3,8-9,14-17,27,30-32,49H,4-7,10-13,18-24H2,(H,45,51)(H,46,54)(H,52,53)(H,55,56)(H,57,58)(H4,41,42,43)(H2,44,47,59)/t27-,30+,31+,32-/m1/s1. The number of carbonyl (C=O) groups is 8. The number of hydrogen-bond acceptors (Lipinski definition) is 10. The first-order chi connectivity index (χ1) is 28.0. The van der Waals surface area contributed by atoms with Gasteiger partial charge >= 0.3 is 23.9 Å². The number of carbonyl (C=O) groups excluding carboxylic acids is 5. The molecular weight excluding hydrogens is 770 g/mol. The zero-order valence-corrected chi connectivity index (χ0v) is 32.8. The summed E-state index contributed by atoms with van der Waals surface area (Å²) in [5, 5.41) is 47.5. The molecule has 4 amide bonds. The lowest BCUT2D eigenvalue weighted by atomic mass is 9.90. The van der Waals surface area contributed by atoms with Gasteiger partial charge in [0, 0.05) is 57.5 Å². The molecule has 59 heavy (non-hydrogen) atoms. The largest absolute Gasteiger partial charge is 0.508 e. The smallest absolute Gasteiger partial charge is 0.326 e. The summed E-state index contributed by atoms with van der Waals surface area (Å²) in [5.74, 6) is -6.79. The number of unbranched alkanes of at least 4 members (excludes halogenated alkanes) is 1. The first-order valence-corrected chi connectivity index (χ1v) is 19.3. The van der Waals surface area contributed by atoms with Gasteiger partial charge in [-0.05, 0) is 68.2 Å². The van der Waals surface area contributed by atoms with E-state index in [0.717, 1.165) is 5.56 Å². The third-order valence-electron chi connectivity index (χ3n) is 9.10. The summed E-state index contributed by atoms with van der Waals surface area (Å²) >= 11 is 0. The van der Waals surface area contributed by atoms with Crippen molar-refractivity contribution in [2.24, 2.45) is 22.4 Å². The van der Waals surface area contributed by atoms with Crippen molar-refractivity contribution in [3.8, 4) is 5.75 Å². The van der Waals surface area contributed by atoms with E-state index in [4.69, 9.17) is 16.6 Å². The van der Waals surface area contributed by atoms with Crippen molar-refractivity contribution in [3.63, 3.8) is 0 Å². The molecule has 0 fully saturated rings. The van der Waals surface area contributed by atoms with Crippen LogP contribution in [0.3, 0.4) is 0 Å². The summed E-state index contributed by atoms with van der Waals surface area (Å²) in [6.07, 6.45) is 0.257. The van der Waals surface area contributed by atoms with E-state index in [1.165, 1.54) is 24.3 Å². The van der Waals surface area contributed by atoms with E-state index in [9.17, 15) is 53.7 Å². The summed E-state index contributed by atoms with van der Waals surface area (Å²) in [5.41, 5.74) is 12.1. The Morgan fingerprint density at radius 1 is 0.644 bits per heavy atom. The molecule has 19 nitrogen and oxygen atoms in total. The second-order valence-corrected chi connectivity index (χ2v) is 14.0. The van der Waals surface area contributed by atoms with Crippen LogP contribution in [0.15, 0.2) is 59.6 Å². The zero-order chi connectivity index (χ0) is 43.7. The molecular formula is C40H55N7O12. The normalized spacial score (nSPS) is 12.7. The highest BCUT2D eigenvalue weighted by molar-refractivity contribution is 5.93. The van der Waals surface area contributed by atoms with Gasteiger partial charge in [0.2, 0.25) is 11.8 Å². The average Bonchev–Trinajstić information content (AvgIpc) is 3.18. The molecule has 19 heteroatoms. The summed E-state index contributed by atoms with van der Waals surface area (Å²) in [6, 6.07) is 10.2. The number of rotatable bonds is 29. The fourth-order valence-corrected chi connectivity index (χ4v) is 5.92. The molecule has 322 valence electrons. The highest BCUT2D eigenvalue weighted by Gasteiger charge is 2.30. The van der Waals surface area contributed by atoms with Crippen molar-refractivity contribution in [1.82, 2.24) is 21.3 Å². The predicted molar refractivity (Wildman–Crippen MR) is 214 cm³/mol. The number of phenolic OH excluding ortho intramolecular Hbond substituents is 1. The first-order valence-electron chi connectivity index (χ1n) is 19.3. The number of phenols is 1. The number of nitrogens with two attached hydrogens (primary N) is 2. The highest BCUT2D eigenvalue weighted by Crippen LogP contribution is 2.18. The molecule has 0 heterocycles. The number of aromatic hydroxyl groups is 1. The second kappa shape index (κ2) is 26.4. The molecule has 0 spiro atoms. The molecule has 0 aliphatic heterocycles. The Morgan fingerprint density at radius 2 is 1.27 bits per heavy atom. The quantitative estimate of drug-likeness (QED) is 0.0315. The number of aliphatic carboxylic acids is 3. The number of benzene rings is 2. The van der Waals surface area contributed by atoms with E-state index in [1.54, 1.807) is 30.3 Å². The summed E-state index contributed by atoms with van der Waals surface area (Å²) in [6.45, 7) is 0.172. The van der Waals surface area contributed by atoms with Gasteiger partial charge < -0.3 is 53.2 Å². The number of carboxylic acids is 3. The number of aliphatic imine (C=N–C) groups is 1. The number of ketones is 2. The summed E-state index contributed by atoms with van der Waals surface area (Å²) in [7, 11) is 0. The minimum absolute atomic E-state index is 0.0108. The Balaban J connectivity index is 2.03. The molecule has 2 aromatic carbocycles. The number of hydrogen-bond donors (Lipinski definition) is 10. The van der Waals surface area contributed by atoms with Crippen LogP contribution in [0.5, 0.6) is 5.75 Å². The van der Waals surface area contributed by atoms with Crippen molar-refractivity contribution in [3.05, 3.63) is 65.7 Å². The maximum Gasteiger partial charge on any atom is 0.326 e. The van der Waals surface area contributed by atoms with E-state index in [-0.39, 0.29) is 114 Å². The fraction of sp³-hybridized carbons (Fsp3) is 0.475. The van der Waals surface area contributed by atoms with Crippen LogP contribution in [-0.2, 0) is 46.4 Å². The molecule has 4 atom stereocenters. The van der Waals surface area contributed by atoms with Crippen molar-refractivity contribution in [1.29, 1.82) is 0 Å². The van der Waals surface area contributed by atoms with Crippen LogP contribution in [0, 0.1) is 5.92 Å². The molecule has 0 bridgehead atoms. The second-order valence-electron chi connectivity index (χ2n) is 14.0. The topological polar surface area (TPSA) is 330 Å². The molecule has 2 aromatic rings. The molecule has 0 aliphatic rings. The number of amides is 4. The number of guanidine groups is 1. The minimum atomic E-state index is -1.35. The van der Waals surface area contributed by atoms with Crippen LogP contribution in [-0.4, -0.2) is 105 Å². The molecule has 0 unspecified atom stereocenters. The van der Waals surface area contributed by atoms with Crippen LogP contribution in [0.2, 0.25) is 0 Å². The number of urea groups is 1. The molecule has 0 aliphatic carbocycles. The SMILES string of the molecule is NC(N)=NCCC[C@H](CC(=O)[C@H](Cc1ccccc1)NC(=O)CCCCC(=O)CC[C@H](NC(=O)NCCCC(=O)O)C(=O)O)C(=O)N[C@H](Cc1ccc(O)cc1)C(=O)O. The van der Waals surface area contributed by atoms with Crippen LogP contribution in [0.4, 0.5) is 4.79 Å². The van der Waals surface area contributed by atoms with Gasteiger partial charge in [0.1, 0.15) is 23.6 Å².